The molecular weight excluding hydrogens is 196 g/mol. The van der Waals surface area contributed by atoms with Crippen LogP contribution in [0.15, 0.2) is 30.3 Å². The summed E-state index contributed by atoms with van der Waals surface area (Å²) in [5, 5.41) is 9.04. The molecule has 1 aromatic rings. The van der Waals surface area contributed by atoms with Crippen LogP contribution in [0, 0.1) is 0 Å². The Labute approximate surface area is 88.4 Å². The number of carbonyl (C=O) groups is 1. The molecule has 1 atom stereocenters. The number of aliphatic carboxylic acids is 1. The number of ether oxygens (including phenoxy) is 2. The number of rotatable bonds is 5. The van der Waals surface area contributed by atoms with Gasteiger partial charge in [0.1, 0.15) is 5.75 Å². The third-order valence-corrected chi connectivity index (χ3v) is 2.15. The predicted octanol–water partition coefficient (Wildman–Crippen LogP) is 1.90. The summed E-state index contributed by atoms with van der Waals surface area (Å²) < 4.78 is 10.3. The lowest BCUT2D eigenvalue weighted by molar-refractivity contribution is -0.204. The van der Waals surface area contributed by atoms with Gasteiger partial charge in [-0.2, -0.15) is 0 Å². The van der Waals surface area contributed by atoms with Gasteiger partial charge in [-0.15, -0.1) is 0 Å². The number of para-hydroxylation sites is 1. The van der Waals surface area contributed by atoms with Gasteiger partial charge in [0.25, 0.3) is 0 Å². The maximum Gasteiger partial charge on any atom is 0.377 e. The van der Waals surface area contributed by atoms with Gasteiger partial charge in [-0.3, -0.25) is 0 Å². The maximum atomic E-state index is 11.0. The van der Waals surface area contributed by atoms with E-state index in [-0.39, 0.29) is 6.42 Å². The van der Waals surface area contributed by atoms with E-state index in [9.17, 15) is 4.79 Å². The second-order valence-corrected chi connectivity index (χ2v) is 3.03. The van der Waals surface area contributed by atoms with Crippen LogP contribution in [0.1, 0.15) is 13.3 Å². The number of methoxy groups -OCH3 is 1. The van der Waals surface area contributed by atoms with Crippen molar-refractivity contribution in [2.45, 2.75) is 19.1 Å². The molecular formula is C11H14O4. The fourth-order valence-corrected chi connectivity index (χ4v) is 1.22. The van der Waals surface area contributed by atoms with Crippen molar-refractivity contribution in [1.29, 1.82) is 0 Å². The van der Waals surface area contributed by atoms with Crippen molar-refractivity contribution in [3.05, 3.63) is 30.3 Å². The van der Waals surface area contributed by atoms with E-state index in [1.54, 1.807) is 31.2 Å². The lowest BCUT2D eigenvalue weighted by atomic mass is 10.2. The quantitative estimate of drug-likeness (QED) is 0.754. The van der Waals surface area contributed by atoms with E-state index in [2.05, 4.69) is 0 Å². The van der Waals surface area contributed by atoms with Crippen molar-refractivity contribution in [3.63, 3.8) is 0 Å². The SMILES string of the molecule is CCC(OC)(Oc1ccccc1)C(=O)O. The molecule has 0 amide bonds. The normalized spacial score (nSPS) is 14.3. The Balaban J connectivity index is 2.89. The van der Waals surface area contributed by atoms with Gasteiger partial charge >= 0.3 is 11.8 Å². The Morgan fingerprint density at radius 1 is 1.40 bits per heavy atom. The van der Waals surface area contributed by atoms with Crippen LogP contribution in [0.2, 0.25) is 0 Å². The molecule has 82 valence electrons. The zero-order valence-electron chi connectivity index (χ0n) is 8.77. The van der Waals surface area contributed by atoms with Crippen molar-refractivity contribution in [1.82, 2.24) is 0 Å². The summed E-state index contributed by atoms with van der Waals surface area (Å²) in [6.07, 6.45) is 0.230. The molecule has 0 bridgehead atoms. The van der Waals surface area contributed by atoms with Gasteiger partial charge in [-0.05, 0) is 12.1 Å². The van der Waals surface area contributed by atoms with Crippen LogP contribution in [-0.2, 0) is 9.53 Å². The Hall–Kier alpha value is -1.55. The van der Waals surface area contributed by atoms with E-state index in [0.717, 1.165) is 0 Å². The molecule has 4 nitrogen and oxygen atoms in total. The minimum atomic E-state index is -1.60. The Morgan fingerprint density at radius 3 is 2.40 bits per heavy atom. The van der Waals surface area contributed by atoms with E-state index in [4.69, 9.17) is 14.6 Å². The van der Waals surface area contributed by atoms with Crippen LogP contribution < -0.4 is 4.74 Å². The first-order valence-electron chi connectivity index (χ1n) is 4.67. The summed E-state index contributed by atoms with van der Waals surface area (Å²) in [5.41, 5.74) is 0. The van der Waals surface area contributed by atoms with Crippen LogP contribution in [0.5, 0.6) is 5.75 Å². The summed E-state index contributed by atoms with van der Waals surface area (Å²) in [4.78, 5) is 11.0. The summed E-state index contributed by atoms with van der Waals surface area (Å²) >= 11 is 0. The van der Waals surface area contributed by atoms with Gasteiger partial charge in [-0.25, -0.2) is 4.79 Å². The molecule has 1 unspecified atom stereocenters. The number of hydrogen-bond donors (Lipinski definition) is 1. The van der Waals surface area contributed by atoms with Gasteiger partial charge in [-0.1, -0.05) is 25.1 Å². The van der Waals surface area contributed by atoms with Crippen molar-refractivity contribution >= 4 is 5.97 Å². The van der Waals surface area contributed by atoms with Crippen LogP contribution in [-0.4, -0.2) is 24.0 Å². The molecule has 0 aromatic heterocycles. The molecule has 0 aliphatic rings. The smallest absolute Gasteiger partial charge is 0.377 e. The zero-order chi connectivity index (χ0) is 11.3. The first-order valence-corrected chi connectivity index (χ1v) is 4.67. The summed E-state index contributed by atoms with van der Waals surface area (Å²) in [6, 6.07) is 8.74. The molecule has 15 heavy (non-hydrogen) atoms. The van der Waals surface area contributed by atoms with Crippen LogP contribution in [0.25, 0.3) is 0 Å². The largest absolute Gasteiger partial charge is 0.476 e. The Bertz CT molecular complexity index is 317. The molecule has 1 aromatic carbocycles. The molecule has 0 saturated heterocycles. The zero-order valence-corrected chi connectivity index (χ0v) is 8.77. The molecule has 0 fully saturated rings. The minimum Gasteiger partial charge on any atom is -0.476 e. The van der Waals surface area contributed by atoms with E-state index in [1.807, 2.05) is 6.07 Å². The summed E-state index contributed by atoms with van der Waals surface area (Å²) in [7, 11) is 1.32. The molecule has 0 radical (unpaired) electrons. The number of carboxylic acid groups (broad SMARTS) is 1. The number of carboxylic acids is 1. The van der Waals surface area contributed by atoms with Gasteiger partial charge in [0.15, 0.2) is 0 Å². The lowest BCUT2D eigenvalue weighted by Gasteiger charge is -2.27. The molecule has 0 saturated carbocycles. The highest BCUT2D eigenvalue weighted by Crippen LogP contribution is 2.22. The third-order valence-electron chi connectivity index (χ3n) is 2.15. The minimum absolute atomic E-state index is 0.230. The fourth-order valence-electron chi connectivity index (χ4n) is 1.22. The monoisotopic (exact) mass is 210 g/mol. The molecule has 1 rings (SSSR count). The van der Waals surface area contributed by atoms with Gasteiger partial charge < -0.3 is 14.6 Å². The van der Waals surface area contributed by atoms with Crippen LogP contribution in [0.3, 0.4) is 0 Å². The topological polar surface area (TPSA) is 55.8 Å². The van der Waals surface area contributed by atoms with Gasteiger partial charge in [0, 0.05) is 13.5 Å². The Kier molecular flexibility index (Phi) is 3.68. The maximum absolute atomic E-state index is 11.0. The van der Waals surface area contributed by atoms with Gasteiger partial charge in [0.05, 0.1) is 0 Å². The molecule has 4 heteroatoms. The summed E-state index contributed by atoms with van der Waals surface area (Å²) in [6.45, 7) is 1.69. The predicted molar refractivity (Wildman–Crippen MR) is 54.7 cm³/mol. The van der Waals surface area contributed by atoms with Crippen LogP contribution >= 0.6 is 0 Å². The van der Waals surface area contributed by atoms with Crippen molar-refractivity contribution in [2.24, 2.45) is 0 Å². The first-order chi connectivity index (χ1) is 7.14. The Morgan fingerprint density at radius 2 is 2.00 bits per heavy atom. The molecule has 0 aliphatic heterocycles. The standard InChI is InChI=1S/C11H14O4/c1-3-11(14-2,10(12)13)15-9-7-5-4-6-8-9/h4-8H,3H2,1-2H3,(H,12,13). The molecule has 0 heterocycles. The lowest BCUT2D eigenvalue weighted by Crippen LogP contribution is -2.45. The van der Waals surface area contributed by atoms with Crippen molar-refractivity contribution < 1.29 is 19.4 Å². The second-order valence-electron chi connectivity index (χ2n) is 3.03. The molecule has 1 N–H and O–H groups in total. The van der Waals surface area contributed by atoms with Gasteiger partial charge in [0.2, 0.25) is 0 Å². The molecule has 0 spiro atoms. The molecule has 0 aliphatic carbocycles. The average molecular weight is 210 g/mol. The van der Waals surface area contributed by atoms with E-state index < -0.39 is 11.8 Å². The second kappa shape index (κ2) is 4.79. The number of benzene rings is 1. The van der Waals surface area contributed by atoms with E-state index in [1.165, 1.54) is 7.11 Å². The highest BCUT2D eigenvalue weighted by Gasteiger charge is 2.39. The van der Waals surface area contributed by atoms with Crippen LogP contribution in [0.4, 0.5) is 0 Å². The highest BCUT2D eigenvalue weighted by atomic mass is 16.7. The number of hydrogen-bond acceptors (Lipinski definition) is 3. The fraction of sp³-hybridized carbons (Fsp3) is 0.364. The van der Waals surface area contributed by atoms with E-state index in [0.29, 0.717) is 5.75 Å². The van der Waals surface area contributed by atoms with E-state index >= 15 is 0 Å². The van der Waals surface area contributed by atoms with Crippen molar-refractivity contribution in [2.75, 3.05) is 7.11 Å². The first kappa shape index (κ1) is 11.5. The average Bonchev–Trinajstić information content (AvgIpc) is 2.27. The van der Waals surface area contributed by atoms with Crippen molar-refractivity contribution in [3.8, 4) is 5.75 Å². The summed E-state index contributed by atoms with van der Waals surface area (Å²) in [5.74, 6) is -2.25. The third kappa shape index (κ3) is 2.47. The highest BCUT2D eigenvalue weighted by molar-refractivity contribution is 5.76.